The molecule has 0 saturated carbocycles. The maximum absolute atomic E-state index is 8.88. The second kappa shape index (κ2) is 5.07. The van der Waals surface area contributed by atoms with Gasteiger partial charge in [0.1, 0.15) is 17.5 Å². The van der Waals surface area contributed by atoms with Crippen molar-refractivity contribution in [3.8, 4) is 17.7 Å². The fraction of sp³-hybridized carbons (Fsp3) is 0.0769. The number of aryl methyl sites for hydroxylation is 1. The van der Waals surface area contributed by atoms with Crippen LogP contribution in [0.1, 0.15) is 11.1 Å². The highest BCUT2D eigenvalue weighted by molar-refractivity contribution is 9.10. The summed E-state index contributed by atoms with van der Waals surface area (Å²) in [5.74, 6) is 0.909. The molecule has 18 heavy (non-hydrogen) atoms. The second-order valence-corrected chi connectivity index (χ2v) is 4.62. The molecule has 0 radical (unpaired) electrons. The van der Waals surface area contributed by atoms with Crippen molar-refractivity contribution >= 4 is 21.6 Å². The van der Waals surface area contributed by atoms with Gasteiger partial charge in [0.15, 0.2) is 0 Å². The Morgan fingerprint density at radius 1 is 1.39 bits per heavy atom. The summed E-state index contributed by atoms with van der Waals surface area (Å²) in [6.45, 7) is 1.92. The van der Waals surface area contributed by atoms with Gasteiger partial charge in [0, 0.05) is 10.7 Å². The lowest BCUT2D eigenvalue weighted by Gasteiger charge is -2.10. The molecule has 1 aromatic heterocycles. The first kappa shape index (κ1) is 12.4. The standard InChI is InChI=1S/C13H10BrN3O/c1-8-6-10(14)2-3-11(8)18-13-12(16)9(7-15)4-5-17-13/h2-6H,16H2,1H3. The zero-order chi connectivity index (χ0) is 13.1. The normalized spacial score (nSPS) is 9.83. The zero-order valence-electron chi connectivity index (χ0n) is 9.64. The molecule has 0 saturated heterocycles. The molecular formula is C13H10BrN3O. The van der Waals surface area contributed by atoms with Crippen LogP contribution in [0.2, 0.25) is 0 Å². The van der Waals surface area contributed by atoms with Gasteiger partial charge in [-0.2, -0.15) is 5.26 Å². The highest BCUT2D eigenvalue weighted by Crippen LogP contribution is 2.30. The van der Waals surface area contributed by atoms with E-state index in [2.05, 4.69) is 20.9 Å². The molecule has 2 aromatic rings. The Bertz CT molecular complexity index is 635. The van der Waals surface area contributed by atoms with Gasteiger partial charge in [0.25, 0.3) is 0 Å². The van der Waals surface area contributed by atoms with Crippen molar-refractivity contribution in [2.24, 2.45) is 0 Å². The quantitative estimate of drug-likeness (QED) is 0.923. The molecule has 4 nitrogen and oxygen atoms in total. The summed E-state index contributed by atoms with van der Waals surface area (Å²) >= 11 is 3.38. The molecular weight excluding hydrogens is 294 g/mol. The number of hydrogen-bond acceptors (Lipinski definition) is 4. The van der Waals surface area contributed by atoms with E-state index in [0.29, 0.717) is 11.3 Å². The second-order valence-electron chi connectivity index (χ2n) is 3.70. The maximum atomic E-state index is 8.88. The molecule has 2 rings (SSSR count). The maximum Gasteiger partial charge on any atom is 0.244 e. The summed E-state index contributed by atoms with van der Waals surface area (Å²) in [6.07, 6.45) is 1.50. The monoisotopic (exact) mass is 303 g/mol. The lowest BCUT2D eigenvalue weighted by molar-refractivity contribution is 0.462. The number of halogens is 1. The average Bonchev–Trinajstić information content (AvgIpc) is 2.35. The minimum atomic E-state index is 0.250. The Morgan fingerprint density at radius 3 is 2.83 bits per heavy atom. The van der Waals surface area contributed by atoms with Gasteiger partial charge in [0.2, 0.25) is 5.88 Å². The van der Waals surface area contributed by atoms with Crippen molar-refractivity contribution in [3.05, 3.63) is 46.1 Å². The van der Waals surface area contributed by atoms with E-state index in [1.54, 1.807) is 6.07 Å². The van der Waals surface area contributed by atoms with Crippen LogP contribution in [0, 0.1) is 18.3 Å². The third-order valence-corrected chi connectivity index (χ3v) is 2.91. The van der Waals surface area contributed by atoms with E-state index < -0.39 is 0 Å². The molecule has 0 aliphatic heterocycles. The number of nitriles is 1. The minimum absolute atomic E-state index is 0.250. The van der Waals surface area contributed by atoms with Crippen molar-refractivity contribution in [2.75, 3.05) is 5.73 Å². The molecule has 0 spiro atoms. The van der Waals surface area contributed by atoms with Gasteiger partial charge < -0.3 is 10.5 Å². The van der Waals surface area contributed by atoms with Gasteiger partial charge in [0.05, 0.1) is 5.56 Å². The van der Waals surface area contributed by atoms with Crippen LogP contribution in [0.4, 0.5) is 5.69 Å². The minimum Gasteiger partial charge on any atom is -0.437 e. The van der Waals surface area contributed by atoms with Crippen LogP contribution in [0.25, 0.3) is 0 Å². The summed E-state index contributed by atoms with van der Waals surface area (Å²) in [6, 6.07) is 9.16. The summed E-state index contributed by atoms with van der Waals surface area (Å²) in [5, 5.41) is 8.88. The third kappa shape index (κ3) is 2.44. The van der Waals surface area contributed by atoms with E-state index in [0.717, 1.165) is 10.0 Å². The van der Waals surface area contributed by atoms with Gasteiger partial charge in [-0.1, -0.05) is 15.9 Å². The van der Waals surface area contributed by atoms with Gasteiger partial charge in [-0.3, -0.25) is 0 Å². The largest absolute Gasteiger partial charge is 0.437 e. The number of nitrogen functional groups attached to an aromatic ring is 1. The summed E-state index contributed by atoms with van der Waals surface area (Å²) in [7, 11) is 0. The Balaban J connectivity index is 2.38. The molecule has 2 N–H and O–H groups in total. The van der Waals surface area contributed by atoms with Crippen LogP contribution in [0.15, 0.2) is 34.9 Å². The number of benzene rings is 1. The fourth-order valence-electron chi connectivity index (χ4n) is 1.46. The van der Waals surface area contributed by atoms with Crippen molar-refractivity contribution in [1.82, 2.24) is 4.98 Å². The first-order valence-corrected chi connectivity index (χ1v) is 5.99. The van der Waals surface area contributed by atoms with E-state index in [-0.39, 0.29) is 11.6 Å². The number of rotatable bonds is 2. The van der Waals surface area contributed by atoms with Crippen molar-refractivity contribution in [3.63, 3.8) is 0 Å². The molecule has 0 fully saturated rings. The third-order valence-electron chi connectivity index (χ3n) is 2.42. The van der Waals surface area contributed by atoms with Crippen molar-refractivity contribution < 1.29 is 4.74 Å². The molecule has 0 aliphatic rings. The van der Waals surface area contributed by atoms with E-state index in [9.17, 15) is 0 Å². The van der Waals surface area contributed by atoms with Crippen LogP contribution in [0.3, 0.4) is 0 Å². The van der Waals surface area contributed by atoms with Crippen LogP contribution in [-0.2, 0) is 0 Å². The predicted octanol–water partition coefficient (Wildman–Crippen LogP) is 3.40. The predicted molar refractivity (Wildman–Crippen MR) is 72.3 cm³/mol. The molecule has 0 bridgehead atoms. The number of nitrogens with two attached hydrogens (primary N) is 1. The first-order valence-electron chi connectivity index (χ1n) is 5.20. The highest BCUT2D eigenvalue weighted by Gasteiger charge is 2.09. The summed E-state index contributed by atoms with van der Waals surface area (Å²) in [4.78, 5) is 4.04. The van der Waals surface area contributed by atoms with Crippen LogP contribution in [-0.4, -0.2) is 4.98 Å². The van der Waals surface area contributed by atoms with Crippen LogP contribution < -0.4 is 10.5 Å². The summed E-state index contributed by atoms with van der Waals surface area (Å²) in [5.41, 5.74) is 7.36. The fourth-order valence-corrected chi connectivity index (χ4v) is 1.94. The number of anilines is 1. The van der Waals surface area contributed by atoms with Gasteiger partial charge >= 0.3 is 0 Å². The van der Waals surface area contributed by atoms with Crippen molar-refractivity contribution in [1.29, 1.82) is 5.26 Å². The van der Waals surface area contributed by atoms with Crippen LogP contribution >= 0.6 is 15.9 Å². The summed E-state index contributed by atoms with van der Waals surface area (Å²) < 4.78 is 6.60. The lowest BCUT2D eigenvalue weighted by atomic mass is 10.2. The van der Waals surface area contributed by atoms with E-state index in [4.69, 9.17) is 15.7 Å². The molecule has 1 heterocycles. The Labute approximate surface area is 113 Å². The highest BCUT2D eigenvalue weighted by atomic mass is 79.9. The van der Waals surface area contributed by atoms with Crippen molar-refractivity contribution in [2.45, 2.75) is 6.92 Å². The average molecular weight is 304 g/mol. The number of hydrogen-bond donors (Lipinski definition) is 1. The Hall–Kier alpha value is -2.06. The van der Waals surface area contributed by atoms with E-state index in [1.165, 1.54) is 6.20 Å². The molecule has 0 aliphatic carbocycles. The van der Waals surface area contributed by atoms with Gasteiger partial charge in [-0.25, -0.2) is 4.98 Å². The molecule has 0 unspecified atom stereocenters. The lowest BCUT2D eigenvalue weighted by Crippen LogP contribution is -1.98. The van der Waals surface area contributed by atoms with E-state index >= 15 is 0 Å². The molecule has 5 heteroatoms. The topological polar surface area (TPSA) is 71.9 Å². The number of aromatic nitrogens is 1. The number of nitrogens with zero attached hydrogens (tertiary/aromatic N) is 2. The Kier molecular flexibility index (Phi) is 3.49. The number of ether oxygens (including phenoxy) is 1. The molecule has 0 atom stereocenters. The first-order chi connectivity index (χ1) is 8.61. The molecule has 90 valence electrons. The number of pyridine rings is 1. The van der Waals surface area contributed by atoms with Gasteiger partial charge in [-0.05, 0) is 36.8 Å². The van der Waals surface area contributed by atoms with Gasteiger partial charge in [-0.15, -0.1) is 0 Å². The molecule has 0 amide bonds. The molecule has 1 aromatic carbocycles. The smallest absolute Gasteiger partial charge is 0.244 e. The Morgan fingerprint density at radius 2 is 2.17 bits per heavy atom. The van der Waals surface area contributed by atoms with Crippen LogP contribution in [0.5, 0.6) is 11.6 Å². The van der Waals surface area contributed by atoms with E-state index in [1.807, 2.05) is 31.2 Å². The zero-order valence-corrected chi connectivity index (χ0v) is 11.2. The SMILES string of the molecule is Cc1cc(Br)ccc1Oc1nccc(C#N)c1N.